The summed E-state index contributed by atoms with van der Waals surface area (Å²) in [7, 11) is 4.44. The lowest BCUT2D eigenvalue weighted by Gasteiger charge is -2.35. The highest BCUT2D eigenvalue weighted by Crippen LogP contribution is 2.08. The van der Waals surface area contributed by atoms with Crippen LogP contribution in [-0.2, 0) is 0 Å². The Balaban J connectivity index is 1.63. The average Bonchev–Trinajstić information content (AvgIpc) is 2.28. The van der Waals surface area contributed by atoms with Gasteiger partial charge < -0.3 is 15.1 Å². The maximum atomic E-state index is 3.70. The molecule has 0 bridgehead atoms. The first kappa shape index (κ1) is 12.3. The van der Waals surface area contributed by atoms with Crippen LogP contribution in [0.15, 0.2) is 0 Å². The van der Waals surface area contributed by atoms with Crippen molar-refractivity contribution in [1.82, 2.24) is 20.0 Å². The Morgan fingerprint density at radius 2 is 1.75 bits per heavy atom. The molecule has 0 spiro atoms. The average molecular weight is 226 g/mol. The van der Waals surface area contributed by atoms with E-state index in [4.69, 9.17) is 0 Å². The minimum absolute atomic E-state index is 0.707. The van der Waals surface area contributed by atoms with E-state index in [0.717, 1.165) is 6.67 Å². The Bertz CT molecular complexity index is 201. The summed E-state index contributed by atoms with van der Waals surface area (Å²) in [6, 6.07) is 0.707. The van der Waals surface area contributed by atoms with Crippen molar-refractivity contribution in [2.24, 2.45) is 0 Å². The van der Waals surface area contributed by atoms with Crippen molar-refractivity contribution in [2.75, 3.05) is 60.0 Å². The number of likely N-dealkylation sites (tertiary alicyclic amines) is 1. The van der Waals surface area contributed by atoms with Gasteiger partial charge >= 0.3 is 0 Å². The Morgan fingerprint density at radius 3 is 2.44 bits per heavy atom. The van der Waals surface area contributed by atoms with Gasteiger partial charge in [0.15, 0.2) is 0 Å². The summed E-state index contributed by atoms with van der Waals surface area (Å²) in [6.07, 6.45) is 2.69. The third-order valence-electron chi connectivity index (χ3n) is 3.82. The molecule has 2 saturated heterocycles. The third kappa shape index (κ3) is 3.70. The van der Waals surface area contributed by atoms with E-state index in [0.29, 0.717) is 6.04 Å². The molecule has 94 valence electrons. The van der Waals surface area contributed by atoms with Gasteiger partial charge in [-0.1, -0.05) is 0 Å². The standard InChI is InChI=1S/C12H26N4/c1-14-6-8-16(9-7-14)11-13-12-4-3-5-15(2)10-12/h12-13H,3-11H2,1-2H3. The van der Waals surface area contributed by atoms with E-state index in [1.54, 1.807) is 0 Å². The molecule has 2 fully saturated rings. The third-order valence-corrected chi connectivity index (χ3v) is 3.82. The molecule has 0 saturated carbocycles. The van der Waals surface area contributed by atoms with Crippen LogP contribution >= 0.6 is 0 Å². The van der Waals surface area contributed by atoms with E-state index < -0.39 is 0 Å². The predicted octanol–water partition coefficient (Wildman–Crippen LogP) is -0.125. The quantitative estimate of drug-likeness (QED) is 0.724. The lowest BCUT2D eigenvalue weighted by atomic mass is 10.1. The second-order valence-corrected chi connectivity index (χ2v) is 5.38. The van der Waals surface area contributed by atoms with Crippen LogP contribution < -0.4 is 5.32 Å². The van der Waals surface area contributed by atoms with E-state index in [1.165, 1.54) is 52.1 Å². The van der Waals surface area contributed by atoms with Gasteiger partial charge in [-0.05, 0) is 33.5 Å². The summed E-state index contributed by atoms with van der Waals surface area (Å²) in [5, 5.41) is 3.70. The summed E-state index contributed by atoms with van der Waals surface area (Å²) < 4.78 is 0. The molecule has 2 aliphatic heterocycles. The van der Waals surface area contributed by atoms with Crippen molar-refractivity contribution < 1.29 is 0 Å². The summed E-state index contributed by atoms with van der Waals surface area (Å²) in [5.41, 5.74) is 0. The number of hydrogen-bond donors (Lipinski definition) is 1. The highest BCUT2D eigenvalue weighted by atomic mass is 15.3. The minimum Gasteiger partial charge on any atom is -0.305 e. The Morgan fingerprint density at radius 1 is 1.00 bits per heavy atom. The number of hydrogen-bond acceptors (Lipinski definition) is 4. The number of nitrogens with one attached hydrogen (secondary N) is 1. The summed E-state index contributed by atoms with van der Waals surface area (Å²) >= 11 is 0. The Labute approximate surface area is 99.6 Å². The summed E-state index contributed by atoms with van der Waals surface area (Å²) in [4.78, 5) is 7.38. The fourth-order valence-electron chi connectivity index (χ4n) is 2.60. The zero-order valence-corrected chi connectivity index (χ0v) is 10.8. The summed E-state index contributed by atoms with van der Waals surface area (Å²) in [5.74, 6) is 0. The monoisotopic (exact) mass is 226 g/mol. The molecule has 1 atom stereocenters. The van der Waals surface area contributed by atoms with Gasteiger partial charge in [-0.15, -0.1) is 0 Å². The van der Waals surface area contributed by atoms with Crippen LogP contribution in [0.4, 0.5) is 0 Å². The van der Waals surface area contributed by atoms with Gasteiger partial charge in [0.05, 0.1) is 0 Å². The molecular weight excluding hydrogens is 200 g/mol. The van der Waals surface area contributed by atoms with Gasteiger partial charge in [-0.2, -0.15) is 0 Å². The summed E-state index contributed by atoms with van der Waals surface area (Å²) in [6.45, 7) is 8.42. The molecular formula is C12H26N4. The van der Waals surface area contributed by atoms with Crippen LogP contribution in [-0.4, -0.2) is 80.8 Å². The van der Waals surface area contributed by atoms with Crippen LogP contribution in [0.2, 0.25) is 0 Å². The Kier molecular flexibility index (Phi) is 4.58. The van der Waals surface area contributed by atoms with Crippen molar-refractivity contribution in [3.63, 3.8) is 0 Å². The van der Waals surface area contributed by atoms with E-state index >= 15 is 0 Å². The highest BCUT2D eigenvalue weighted by molar-refractivity contribution is 4.77. The first-order chi connectivity index (χ1) is 7.74. The minimum atomic E-state index is 0.707. The second-order valence-electron chi connectivity index (χ2n) is 5.38. The van der Waals surface area contributed by atoms with Crippen molar-refractivity contribution >= 4 is 0 Å². The first-order valence-corrected chi connectivity index (χ1v) is 6.57. The highest BCUT2D eigenvalue weighted by Gasteiger charge is 2.18. The molecule has 0 aromatic heterocycles. The smallest absolute Gasteiger partial charge is 0.0484 e. The number of likely N-dealkylation sites (N-methyl/N-ethyl adjacent to an activating group) is 2. The van der Waals surface area contributed by atoms with Crippen LogP contribution in [0.1, 0.15) is 12.8 Å². The van der Waals surface area contributed by atoms with Crippen LogP contribution in [0.25, 0.3) is 0 Å². The van der Waals surface area contributed by atoms with Gasteiger partial charge in [0.1, 0.15) is 0 Å². The lowest BCUT2D eigenvalue weighted by Crippen LogP contribution is -2.52. The molecule has 4 nitrogen and oxygen atoms in total. The van der Waals surface area contributed by atoms with Crippen molar-refractivity contribution in [3.8, 4) is 0 Å². The molecule has 1 unspecified atom stereocenters. The zero-order valence-electron chi connectivity index (χ0n) is 10.8. The van der Waals surface area contributed by atoms with Crippen LogP contribution in [0, 0.1) is 0 Å². The topological polar surface area (TPSA) is 21.8 Å². The maximum Gasteiger partial charge on any atom is 0.0484 e. The Hall–Kier alpha value is -0.160. The number of piperazine rings is 1. The maximum absolute atomic E-state index is 3.70. The van der Waals surface area contributed by atoms with Crippen molar-refractivity contribution in [1.29, 1.82) is 0 Å². The number of nitrogens with zero attached hydrogens (tertiary/aromatic N) is 3. The molecule has 0 amide bonds. The van der Waals surface area contributed by atoms with Gasteiger partial charge in [0.2, 0.25) is 0 Å². The van der Waals surface area contributed by atoms with Crippen molar-refractivity contribution in [2.45, 2.75) is 18.9 Å². The number of rotatable bonds is 3. The second kappa shape index (κ2) is 5.96. The van der Waals surface area contributed by atoms with E-state index in [-0.39, 0.29) is 0 Å². The van der Waals surface area contributed by atoms with Gasteiger partial charge in [0, 0.05) is 45.4 Å². The fourth-order valence-corrected chi connectivity index (χ4v) is 2.60. The largest absolute Gasteiger partial charge is 0.305 e. The van der Waals surface area contributed by atoms with Crippen LogP contribution in [0.5, 0.6) is 0 Å². The molecule has 2 rings (SSSR count). The number of piperidine rings is 1. The molecule has 0 aromatic carbocycles. The first-order valence-electron chi connectivity index (χ1n) is 6.57. The molecule has 2 aliphatic rings. The molecule has 2 heterocycles. The predicted molar refractivity (Wildman–Crippen MR) is 67.6 cm³/mol. The van der Waals surface area contributed by atoms with Crippen LogP contribution in [0.3, 0.4) is 0 Å². The molecule has 0 aliphatic carbocycles. The molecule has 0 aromatic rings. The van der Waals surface area contributed by atoms with Gasteiger partial charge in [-0.25, -0.2) is 0 Å². The SMILES string of the molecule is CN1CCN(CNC2CCCN(C)C2)CC1. The molecule has 1 N–H and O–H groups in total. The molecule has 16 heavy (non-hydrogen) atoms. The lowest BCUT2D eigenvalue weighted by molar-refractivity contribution is 0.129. The zero-order chi connectivity index (χ0) is 11.4. The van der Waals surface area contributed by atoms with Gasteiger partial charge in [-0.3, -0.25) is 4.90 Å². The van der Waals surface area contributed by atoms with E-state index in [9.17, 15) is 0 Å². The molecule has 4 heteroatoms. The van der Waals surface area contributed by atoms with E-state index in [1.807, 2.05) is 0 Å². The van der Waals surface area contributed by atoms with Crippen molar-refractivity contribution in [3.05, 3.63) is 0 Å². The molecule has 0 radical (unpaired) electrons. The van der Waals surface area contributed by atoms with E-state index in [2.05, 4.69) is 34.1 Å². The van der Waals surface area contributed by atoms with Gasteiger partial charge in [0.25, 0.3) is 0 Å². The normalized spacial score (nSPS) is 30.8. The fraction of sp³-hybridized carbons (Fsp3) is 1.00.